The van der Waals surface area contributed by atoms with E-state index in [1.165, 1.54) is 44.4 Å². The average molecular weight is 515 g/mol. The van der Waals surface area contributed by atoms with E-state index < -0.39 is 22.5 Å². The molecule has 0 unspecified atom stereocenters. The minimum absolute atomic E-state index is 0.0465. The molecule has 0 atom stereocenters. The van der Waals surface area contributed by atoms with Crippen molar-refractivity contribution in [2.75, 3.05) is 46.3 Å². The topological polar surface area (TPSA) is 94.6 Å². The number of hydrogen-bond donors (Lipinski definition) is 0. The Balaban J connectivity index is 1.97. The van der Waals surface area contributed by atoms with Crippen LogP contribution in [0.15, 0.2) is 71.6 Å². The van der Waals surface area contributed by atoms with Crippen LogP contribution in [-0.2, 0) is 21.4 Å². The number of ether oxygens (including phenoxy) is 4. The zero-order valence-electron chi connectivity index (χ0n) is 20.9. The predicted octanol–water partition coefficient (Wildman–Crippen LogP) is 3.57. The maximum absolute atomic E-state index is 13.7. The molecule has 0 fully saturated rings. The van der Waals surface area contributed by atoms with Crippen molar-refractivity contribution in [2.45, 2.75) is 11.4 Å². The minimum Gasteiger partial charge on any atom is -0.497 e. The first-order valence-electron chi connectivity index (χ1n) is 11.0. The second-order valence-electron chi connectivity index (χ2n) is 7.80. The molecule has 3 aromatic carbocycles. The van der Waals surface area contributed by atoms with Gasteiger partial charge in [0.2, 0.25) is 5.91 Å². The third-order valence-corrected chi connectivity index (χ3v) is 7.33. The number of hydrogen-bond acceptors (Lipinski definition) is 7. The van der Waals surface area contributed by atoms with Crippen molar-refractivity contribution in [3.8, 4) is 23.0 Å². The van der Waals surface area contributed by atoms with Gasteiger partial charge in [0.05, 0.1) is 39.0 Å². The molecule has 1 amide bonds. The standard InChI is InChI=1S/C26H30N2O7S/c1-27(17-19-11-13-24(34-4)25(15-19)35-5)26(29)18-28(36(30,31)21-9-7-6-8-10-21)22-16-20(32-2)12-14-23(22)33-3/h6-16H,17-18H2,1-5H3. The fourth-order valence-electron chi connectivity index (χ4n) is 3.60. The third kappa shape index (κ3) is 5.83. The Morgan fingerprint density at radius 1 is 0.778 bits per heavy atom. The summed E-state index contributed by atoms with van der Waals surface area (Å²) in [6.07, 6.45) is 0. The van der Waals surface area contributed by atoms with Gasteiger partial charge in [-0.3, -0.25) is 9.10 Å². The molecule has 0 aliphatic rings. The maximum atomic E-state index is 13.7. The van der Waals surface area contributed by atoms with Crippen molar-refractivity contribution in [3.63, 3.8) is 0 Å². The summed E-state index contributed by atoms with van der Waals surface area (Å²) < 4.78 is 49.8. The van der Waals surface area contributed by atoms with Crippen LogP contribution in [0.3, 0.4) is 0 Å². The van der Waals surface area contributed by atoms with Gasteiger partial charge in [-0.2, -0.15) is 0 Å². The van der Waals surface area contributed by atoms with Gasteiger partial charge in [-0.15, -0.1) is 0 Å². The summed E-state index contributed by atoms with van der Waals surface area (Å²) in [5.41, 5.74) is 0.980. The first-order chi connectivity index (χ1) is 17.2. The largest absolute Gasteiger partial charge is 0.497 e. The number of likely N-dealkylation sites (N-methyl/N-ethyl adjacent to an activating group) is 1. The molecule has 0 aliphatic heterocycles. The smallest absolute Gasteiger partial charge is 0.264 e. The van der Waals surface area contributed by atoms with Crippen LogP contribution in [0.5, 0.6) is 23.0 Å². The van der Waals surface area contributed by atoms with Gasteiger partial charge < -0.3 is 23.8 Å². The lowest BCUT2D eigenvalue weighted by Gasteiger charge is -2.28. The van der Waals surface area contributed by atoms with E-state index in [2.05, 4.69) is 0 Å². The Bertz CT molecular complexity index is 1300. The second kappa shape index (κ2) is 11.7. The summed E-state index contributed by atoms with van der Waals surface area (Å²) >= 11 is 0. The molecule has 0 saturated carbocycles. The lowest BCUT2D eigenvalue weighted by molar-refractivity contribution is -0.128. The number of methoxy groups -OCH3 is 4. The first-order valence-corrected chi connectivity index (χ1v) is 12.4. The SMILES string of the molecule is COc1ccc(OC)c(N(CC(=O)N(C)Cc2ccc(OC)c(OC)c2)S(=O)(=O)c2ccccc2)c1. The molecule has 0 aromatic heterocycles. The van der Waals surface area contributed by atoms with Gasteiger partial charge in [-0.25, -0.2) is 8.42 Å². The highest BCUT2D eigenvalue weighted by Gasteiger charge is 2.31. The van der Waals surface area contributed by atoms with Crippen LogP contribution in [0.2, 0.25) is 0 Å². The minimum atomic E-state index is -4.12. The van der Waals surface area contributed by atoms with Gasteiger partial charge in [0, 0.05) is 19.7 Å². The molecule has 10 heteroatoms. The van der Waals surface area contributed by atoms with E-state index in [0.29, 0.717) is 17.2 Å². The number of amides is 1. The van der Waals surface area contributed by atoms with E-state index in [4.69, 9.17) is 18.9 Å². The highest BCUT2D eigenvalue weighted by Crippen LogP contribution is 2.36. The van der Waals surface area contributed by atoms with E-state index >= 15 is 0 Å². The van der Waals surface area contributed by atoms with Crippen molar-refractivity contribution in [2.24, 2.45) is 0 Å². The maximum Gasteiger partial charge on any atom is 0.264 e. The van der Waals surface area contributed by atoms with Gasteiger partial charge in [0.25, 0.3) is 10.0 Å². The van der Waals surface area contributed by atoms with Crippen LogP contribution in [-0.4, -0.2) is 61.3 Å². The molecular weight excluding hydrogens is 484 g/mol. The number of carbonyl (C=O) groups is 1. The Kier molecular flexibility index (Phi) is 8.65. The summed E-state index contributed by atoms with van der Waals surface area (Å²) in [6.45, 7) is -0.224. The number of carbonyl (C=O) groups excluding carboxylic acids is 1. The lowest BCUT2D eigenvalue weighted by Crippen LogP contribution is -2.41. The van der Waals surface area contributed by atoms with Crippen molar-refractivity contribution in [3.05, 3.63) is 72.3 Å². The Labute approximate surface area is 211 Å². The third-order valence-electron chi connectivity index (χ3n) is 5.56. The molecule has 0 radical (unpaired) electrons. The van der Waals surface area contributed by atoms with Gasteiger partial charge in [-0.1, -0.05) is 24.3 Å². The summed E-state index contributed by atoms with van der Waals surface area (Å²) in [5.74, 6) is 1.38. The molecule has 0 heterocycles. The van der Waals surface area contributed by atoms with Crippen LogP contribution in [0.1, 0.15) is 5.56 Å². The Morgan fingerprint density at radius 3 is 2.03 bits per heavy atom. The molecule has 192 valence electrons. The summed E-state index contributed by atoms with van der Waals surface area (Å²) in [7, 11) is 3.47. The number of benzene rings is 3. The van der Waals surface area contributed by atoms with Gasteiger partial charge in [0.1, 0.15) is 18.0 Å². The number of sulfonamides is 1. The predicted molar refractivity (Wildman–Crippen MR) is 137 cm³/mol. The summed E-state index contributed by atoms with van der Waals surface area (Å²) in [4.78, 5) is 14.8. The molecular formula is C26H30N2O7S. The highest BCUT2D eigenvalue weighted by molar-refractivity contribution is 7.92. The Hall–Kier alpha value is -3.92. The fourth-order valence-corrected chi connectivity index (χ4v) is 5.03. The second-order valence-corrected chi connectivity index (χ2v) is 9.66. The molecule has 3 rings (SSSR count). The highest BCUT2D eigenvalue weighted by atomic mass is 32.2. The van der Waals surface area contributed by atoms with Crippen molar-refractivity contribution in [1.82, 2.24) is 4.90 Å². The van der Waals surface area contributed by atoms with Crippen LogP contribution >= 0.6 is 0 Å². The molecule has 0 N–H and O–H groups in total. The van der Waals surface area contributed by atoms with Crippen LogP contribution in [0, 0.1) is 0 Å². The van der Waals surface area contributed by atoms with E-state index in [1.54, 1.807) is 56.6 Å². The summed E-state index contributed by atoms with van der Waals surface area (Å²) in [5, 5.41) is 0. The van der Waals surface area contributed by atoms with E-state index in [0.717, 1.165) is 9.87 Å². The molecule has 0 saturated heterocycles. The zero-order valence-corrected chi connectivity index (χ0v) is 21.7. The fraction of sp³-hybridized carbons (Fsp3) is 0.269. The van der Waals surface area contributed by atoms with Crippen LogP contribution < -0.4 is 23.3 Å². The quantitative estimate of drug-likeness (QED) is 0.386. The molecule has 0 bridgehead atoms. The number of anilines is 1. The van der Waals surface area contributed by atoms with Crippen molar-refractivity contribution in [1.29, 1.82) is 0 Å². The van der Waals surface area contributed by atoms with Gasteiger partial charge in [-0.05, 0) is 42.0 Å². The van der Waals surface area contributed by atoms with Gasteiger partial charge in [0.15, 0.2) is 11.5 Å². The molecule has 0 spiro atoms. The lowest BCUT2D eigenvalue weighted by atomic mass is 10.2. The van der Waals surface area contributed by atoms with E-state index in [-0.39, 0.29) is 22.9 Å². The molecule has 3 aromatic rings. The average Bonchev–Trinajstić information content (AvgIpc) is 2.91. The number of rotatable bonds is 11. The van der Waals surface area contributed by atoms with Gasteiger partial charge >= 0.3 is 0 Å². The summed E-state index contributed by atoms with van der Waals surface area (Å²) in [6, 6.07) is 18.0. The first kappa shape index (κ1) is 26.7. The zero-order chi connectivity index (χ0) is 26.3. The normalized spacial score (nSPS) is 10.9. The molecule has 0 aliphatic carbocycles. The van der Waals surface area contributed by atoms with Crippen LogP contribution in [0.4, 0.5) is 5.69 Å². The van der Waals surface area contributed by atoms with E-state index in [1.807, 2.05) is 6.07 Å². The molecule has 9 nitrogen and oxygen atoms in total. The van der Waals surface area contributed by atoms with E-state index in [9.17, 15) is 13.2 Å². The molecule has 36 heavy (non-hydrogen) atoms. The Morgan fingerprint density at radius 2 is 1.42 bits per heavy atom. The number of nitrogens with zero attached hydrogens (tertiary/aromatic N) is 2. The van der Waals surface area contributed by atoms with Crippen molar-refractivity contribution < 1.29 is 32.2 Å². The van der Waals surface area contributed by atoms with Crippen molar-refractivity contribution >= 4 is 21.6 Å². The van der Waals surface area contributed by atoms with Crippen LogP contribution in [0.25, 0.3) is 0 Å². The monoisotopic (exact) mass is 514 g/mol.